The van der Waals surface area contributed by atoms with Crippen LogP contribution in [0.2, 0.25) is 0 Å². The molecule has 1 atom stereocenters. The maximum Gasteiger partial charge on any atom is 0.303 e. The summed E-state index contributed by atoms with van der Waals surface area (Å²) < 4.78 is 5.53. The monoisotopic (exact) mass is 214 g/mol. The topological polar surface area (TPSA) is 46.5 Å². The molecule has 0 spiro atoms. The third kappa shape index (κ3) is 6.50. The van der Waals surface area contributed by atoms with Gasteiger partial charge in [-0.3, -0.25) is 4.79 Å². The molecule has 0 aliphatic carbocycles. The summed E-state index contributed by atoms with van der Waals surface area (Å²) in [7, 11) is 0. The first-order valence-electron chi connectivity index (χ1n) is 6.12. The average molecular weight is 214 g/mol. The van der Waals surface area contributed by atoms with Crippen molar-refractivity contribution in [1.29, 1.82) is 0 Å². The standard InChI is InChI=1S/C12H22O3/c13-12(14)9-5-3-1-2-4-7-11-8-6-10-15-11/h11H,1-10H2,(H,13,14). The second-order valence-corrected chi connectivity index (χ2v) is 4.34. The highest BCUT2D eigenvalue weighted by molar-refractivity contribution is 5.66. The fourth-order valence-corrected chi connectivity index (χ4v) is 2.05. The quantitative estimate of drug-likeness (QED) is 0.632. The molecule has 3 nitrogen and oxygen atoms in total. The molecule has 0 bridgehead atoms. The normalized spacial score (nSPS) is 20.7. The number of carboxylic acids is 1. The van der Waals surface area contributed by atoms with E-state index in [1.807, 2.05) is 0 Å². The number of hydrogen-bond donors (Lipinski definition) is 1. The van der Waals surface area contributed by atoms with E-state index >= 15 is 0 Å². The Hall–Kier alpha value is -0.570. The van der Waals surface area contributed by atoms with Crippen LogP contribution in [0, 0.1) is 0 Å². The molecule has 0 aromatic heterocycles. The molecule has 1 heterocycles. The molecule has 0 aromatic rings. The highest BCUT2D eigenvalue weighted by Gasteiger charge is 2.14. The molecule has 88 valence electrons. The van der Waals surface area contributed by atoms with Crippen LogP contribution in [0.3, 0.4) is 0 Å². The third-order valence-electron chi connectivity index (χ3n) is 2.94. The molecule has 0 aromatic carbocycles. The van der Waals surface area contributed by atoms with Gasteiger partial charge in [-0.15, -0.1) is 0 Å². The van der Waals surface area contributed by atoms with E-state index < -0.39 is 5.97 Å². The van der Waals surface area contributed by atoms with Crippen molar-refractivity contribution in [3.05, 3.63) is 0 Å². The lowest BCUT2D eigenvalue weighted by atomic mass is 10.1. The van der Waals surface area contributed by atoms with E-state index in [0.717, 1.165) is 19.4 Å². The van der Waals surface area contributed by atoms with Crippen LogP contribution in [0.15, 0.2) is 0 Å². The lowest BCUT2D eigenvalue weighted by Crippen LogP contribution is -2.03. The maximum atomic E-state index is 10.2. The molecular weight excluding hydrogens is 192 g/mol. The Morgan fingerprint density at radius 1 is 1.20 bits per heavy atom. The van der Waals surface area contributed by atoms with Crippen LogP contribution in [0.25, 0.3) is 0 Å². The summed E-state index contributed by atoms with van der Waals surface area (Å²) in [4.78, 5) is 10.2. The Balaban J connectivity index is 1.78. The molecule has 1 rings (SSSR count). The first-order valence-corrected chi connectivity index (χ1v) is 6.12. The van der Waals surface area contributed by atoms with Gasteiger partial charge in [0.1, 0.15) is 0 Å². The minimum Gasteiger partial charge on any atom is -0.481 e. The molecule has 0 amide bonds. The van der Waals surface area contributed by atoms with Crippen molar-refractivity contribution in [2.24, 2.45) is 0 Å². The Kier molecular flexibility index (Phi) is 6.41. The maximum absolute atomic E-state index is 10.2. The van der Waals surface area contributed by atoms with Gasteiger partial charge in [-0.25, -0.2) is 0 Å². The van der Waals surface area contributed by atoms with Gasteiger partial charge in [0.25, 0.3) is 0 Å². The van der Waals surface area contributed by atoms with Crippen molar-refractivity contribution in [3.63, 3.8) is 0 Å². The van der Waals surface area contributed by atoms with Crippen LogP contribution in [0.4, 0.5) is 0 Å². The minimum atomic E-state index is -0.672. The van der Waals surface area contributed by atoms with Gasteiger partial charge in [-0.1, -0.05) is 25.7 Å². The number of hydrogen-bond acceptors (Lipinski definition) is 2. The van der Waals surface area contributed by atoms with Crippen molar-refractivity contribution < 1.29 is 14.6 Å². The smallest absolute Gasteiger partial charge is 0.303 e. The van der Waals surface area contributed by atoms with Gasteiger partial charge < -0.3 is 9.84 Å². The summed E-state index contributed by atoms with van der Waals surface area (Å²) in [5, 5.41) is 8.44. The number of rotatable bonds is 8. The lowest BCUT2D eigenvalue weighted by Gasteiger charge is -2.08. The van der Waals surface area contributed by atoms with Crippen molar-refractivity contribution in [1.82, 2.24) is 0 Å². The second-order valence-electron chi connectivity index (χ2n) is 4.34. The van der Waals surface area contributed by atoms with Crippen molar-refractivity contribution in [2.75, 3.05) is 6.61 Å². The Bertz CT molecular complexity index is 174. The second kappa shape index (κ2) is 7.69. The summed E-state index contributed by atoms with van der Waals surface area (Å²) in [6.07, 6.45) is 10.0. The van der Waals surface area contributed by atoms with E-state index in [1.165, 1.54) is 38.5 Å². The highest BCUT2D eigenvalue weighted by atomic mass is 16.5. The van der Waals surface area contributed by atoms with Gasteiger partial charge in [0, 0.05) is 13.0 Å². The van der Waals surface area contributed by atoms with Crippen LogP contribution in [0.1, 0.15) is 57.8 Å². The molecule has 0 saturated carbocycles. The Morgan fingerprint density at radius 2 is 1.93 bits per heavy atom. The van der Waals surface area contributed by atoms with Crippen molar-refractivity contribution in [3.8, 4) is 0 Å². The van der Waals surface area contributed by atoms with E-state index in [0.29, 0.717) is 12.5 Å². The molecule has 1 saturated heterocycles. The van der Waals surface area contributed by atoms with Crippen LogP contribution in [-0.2, 0) is 9.53 Å². The minimum absolute atomic E-state index is 0.325. The van der Waals surface area contributed by atoms with Crippen LogP contribution in [0.5, 0.6) is 0 Å². The molecule has 3 heteroatoms. The molecular formula is C12H22O3. The highest BCUT2D eigenvalue weighted by Crippen LogP contribution is 2.18. The van der Waals surface area contributed by atoms with E-state index in [-0.39, 0.29) is 0 Å². The molecule has 1 unspecified atom stereocenters. The number of carbonyl (C=O) groups is 1. The number of aliphatic carboxylic acids is 1. The van der Waals surface area contributed by atoms with Crippen LogP contribution in [-0.4, -0.2) is 23.8 Å². The Morgan fingerprint density at radius 3 is 2.60 bits per heavy atom. The molecule has 1 aliphatic heterocycles. The van der Waals surface area contributed by atoms with Gasteiger partial charge in [0.15, 0.2) is 0 Å². The zero-order chi connectivity index (χ0) is 10.9. The van der Waals surface area contributed by atoms with Gasteiger partial charge in [0.05, 0.1) is 6.10 Å². The molecule has 15 heavy (non-hydrogen) atoms. The fourth-order valence-electron chi connectivity index (χ4n) is 2.05. The summed E-state index contributed by atoms with van der Waals surface area (Å²) >= 11 is 0. The fraction of sp³-hybridized carbons (Fsp3) is 0.917. The summed E-state index contributed by atoms with van der Waals surface area (Å²) in [5.74, 6) is -0.672. The van der Waals surface area contributed by atoms with Crippen molar-refractivity contribution >= 4 is 5.97 Å². The van der Waals surface area contributed by atoms with Crippen LogP contribution < -0.4 is 0 Å². The summed E-state index contributed by atoms with van der Waals surface area (Å²) in [6, 6.07) is 0. The SMILES string of the molecule is O=C(O)CCCCCCCC1CCCO1. The van der Waals surface area contributed by atoms with E-state index in [9.17, 15) is 4.79 Å². The van der Waals surface area contributed by atoms with Crippen molar-refractivity contribution in [2.45, 2.75) is 63.9 Å². The van der Waals surface area contributed by atoms with Gasteiger partial charge in [-0.2, -0.15) is 0 Å². The number of carboxylic acid groups (broad SMARTS) is 1. The first-order chi connectivity index (χ1) is 7.29. The van der Waals surface area contributed by atoms with Gasteiger partial charge in [-0.05, 0) is 25.7 Å². The molecule has 1 aliphatic rings. The van der Waals surface area contributed by atoms with E-state index in [4.69, 9.17) is 9.84 Å². The molecule has 0 radical (unpaired) electrons. The predicted molar refractivity (Wildman–Crippen MR) is 58.9 cm³/mol. The number of unbranched alkanes of at least 4 members (excludes halogenated alkanes) is 4. The predicted octanol–water partition coefficient (Wildman–Crippen LogP) is 2.98. The third-order valence-corrected chi connectivity index (χ3v) is 2.94. The zero-order valence-electron chi connectivity index (χ0n) is 9.41. The average Bonchev–Trinajstić information content (AvgIpc) is 2.68. The zero-order valence-corrected chi connectivity index (χ0v) is 9.41. The Labute approximate surface area is 91.8 Å². The molecule has 1 N–H and O–H groups in total. The van der Waals surface area contributed by atoms with E-state index in [1.54, 1.807) is 0 Å². The summed E-state index contributed by atoms with van der Waals surface area (Å²) in [5.41, 5.74) is 0. The largest absolute Gasteiger partial charge is 0.481 e. The first kappa shape index (κ1) is 12.5. The molecule has 1 fully saturated rings. The van der Waals surface area contributed by atoms with Gasteiger partial charge in [0.2, 0.25) is 0 Å². The van der Waals surface area contributed by atoms with Crippen LogP contribution >= 0.6 is 0 Å². The number of ether oxygens (including phenoxy) is 1. The van der Waals surface area contributed by atoms with E-state index in [2.05, 4.69) is 0 Å². The van der Waals surface area contributed by atoms with Gasteiger partial charge >= 0.3 is 5.97 Å². The lowest BCUT2D eigenvalue weighted by molar-refractivity contribution is -0.137. The summed E-state index contributed by atoms with van der Waals surface area (Å²) in [6.45, 7) is 0.948.